The number of aromatic hydroxyl groups is 2. The van der Waals surface area contributed by atoms with Gasteiger partial charge in [-0.3, -0.25) is 18.2 Å². The van der Waals surface area contributed by atoms with Gasteiger partial charge in [-0.15, -0.1) is 15.3 Å². The molecule has 26 heteroatoms. The molecule has 0 bridgehead atoms. The Morgan fingerprint density at radius 1 is 0.500 bits per heavy atom. The molecule has 22 nitrogen and oxygen atoms in total. The molecule has 0 aliphatic carbocycles. The van der Waals surface area contributed by atoms with Crippen LogP contribution in [0.5, 0.6) is 17.2 Å². The molecule has 0 aliphatic rings. The molecule has 330 valence electrons. The SMILES string of the molecule is COc1cc(S(=O)(=O)O)ccc1N=Nc1c(S(=O)(=O)O)cc2cc(NC(=O)Nc3ccc4c(O)c(N=Nc5ccc6cc(S(=O)(=O)O)ccc6c5)c(S(=O)(=O)O)cc4c3)ccc2c1O. The Kier molecular flexibility index (Phi) is 11.6. The van der Waals surface area contributed by atoms with E-state index in [1.54, 1.807) is 0 Å². The molecule has 0 fully saturated rings. The Hall–Kier alpha value is -7.17. The van der Waals surface area contributed by atoms with E-state index in [0.717, 1.165) is 43.5 Å². The van der Waals surface area contributed by atoms with Crippen LogP contribution in [0.25, 0.3) is 32.3 Å². The van der Waals surface area contributed by atoms with Crippen LogP contribution in [0.3, 0.4) is 0 Å². The van der Waals surface area contributed by atoms with Crippen molar-refractivity contribution in [2.45, 2.75) is 19.6 Å². The number of benzene rings is 7. The van der Waals surface area contributed by atoms with E-state index >= 15 is 0 Å². The number of methoxy groups -OCH3 is 1. The summed E-state index contributed by atoms with van der Waals surface area (Å²) in [6.45, 7) is 0. The molecule has 8 N–H and O–H groups in total. The lowest BCUT2D eigenvalue weighted by Gasteiger charge is -2.13. The van der Waals surface area contributed by atoms with E-state index in [4.69, 9.17) is 4.74 Å². The van der Waals surface area contributed by atoms with Gasteiger partial charge in [-0.25, -0.2) is 4.79 Å². The Balaban J connectivity index is 1.14. The van der Waals surface area contributed by atoms with Crippen molar-refractivity contribution in [1.82, 2.24) is 0 Å². The van der Waals surface area contributed by atoms with Crippen molar-refractivity contribution in [2.75, 3.05) is 17.7 Å². The predicted molar refractivity (Wildman–Crippen MR) is 228 cm³/mol. The first-order valence-corrected chi connectivity index (χ1v) is 23.3. The number of anilines is 2. The van der Waals surface area contributed by atoms with Gasteiger partial charge in [0.15, 0.2) is 11.5 Å². The molecule has 7 rings (SSSR count). The van der Waals surface area contributed by atoms with Crippen LogP contribution in [-0.2, 0) is 40.5 Å². The number of amides is 2. The molecule has 0 spiro atoms. The van der Waals surface area contributed by atoms with Crippen LogP contribution < -0.4 is 15.4 Å². The molecule has 7 aromatic rings. The third-order valence-electron chi connectivity index (χ3n) is 9.24. The van der Waals surface area contributed by atoms with Crippen molar-refractivity contribution in [1.29, 1.82) is 0 Å². The van der Waals surface area contributed by atoms with Crippen LogP contribution in [0.1, 0.15) is 0 Å². The minimum atomic E-state index is -5.10. The molecule has 0 aliphatic heterocycles. The number of urea groups is 1. The number of ether oxygens (including phenoxy) is 1. The first-order valence-electron chi connectivity index (χ1n) is 17.5. The lowest BCUT2D eigenvalue weighted by Crippen LogP contribution is -2.19. The van der Waals surface area contributed by atoms with Crippen molar-refractivity contribution in [3.63, 3.8) is 0 Å². The fourth-order valence-corrected chi connectivity index (χ4v) is 8.61. The van der Waals surface area contributed by atoms with Gasteiger partial charge in [0.25, 0.3) is 40.5 Å². The molecule has 7 aromatic carbocycles. The summed E-state index contributed by atoms with van der Waals surface area (Å²) in [5.41, 5.74) is -1.26. The summed E-state index contributed by atoms with van der Waals surface area (Å²) in [6, 6.07) is 19.8. The molecular formula is C38H28N6O16S4. The normalized spacial score (nSPS) is 12.7. The summed E-state index contributed by atoms with van der Waals surface area (Å²) in [4.78, 5) is 10.5. The topological polar surface area (TPSA) is 358 Å². The number of hydrogen-bond donors (Lipinski definition) is 8. The van der Waals surface area contributed by atoms with Gasteiger partial charge in [0.05, 0.1) is 22.6 Å². The largest absolute Gasteiger partial charge is 0.505 e. The highest BCUT2D eigenvalue weighted by molar-refractivity contribution is 7.86. The summed E-state index contributed by atoms with van der Waals surface area (Å²) in [5.74, 6) is -1.67. The predicted octanol–water partition coefficient (Wildman–Crippen LogP) is 8.03. The Labute approximate surface area is 361 Å². The van der Waals surface area contributed by atoms with Crippen molar-refractivity contribution in [3.05, 3.63) is 103 Å². The molecule has 0 heterocycles. The van der Waals surface area contributed by atoms with E-state index in [9.17, 15) is 66.9 Å². The molecule has 0 aromatic heterocycles. The van der Waals surface area contributed by atoms with Gasteiger partial charge in [0, 0.05) is 28.2 Å². The number of hydrogen-bond acceptors (Lipinski definition) is 16. The highest BCUT2D eigenvalue weighted by Gasteiger charge is 2.25. The molecule has 0 atom stereocenters. The van der Waals surface area contributed by atoms with Crippen LogP contribution >= 0.6 is 0 Å². The van der Waals surface area contributed by atoms with Gasteiger partial charge >= 0.3 is 6.03 Å². The van der Waals surface area contributed by atoms with Gasteiger partial charge in [-0.1, -0.05) is 12.1 Å². The highest BCUT2D eigenvalue weighted by atomic mass is 32.2. The zero-order valence-corrected chi connectivity index (χ0v) is 35.3. The molecule has 64 heavy (non-hydrogen) atoms. The van der Waals surface area contributed by atoms with E-state index in [1.807, 2.05) is 0 Å². The Bertz CT molecular complexity index is 3660. The van der Waals surface area contributed by atoms with Crippen LogP contribution in [0, 0.1) is 0 Å². The lowest BCUT2D eigenvalue weighted by atomic mass is 10.1. The molecular weight excluding hydrogens is 925 g/mol. The average Bonchev–Trinajstić information content (AvgIpc) is 3.21. The van der Waals surface area contributed by atoms with E-state index < -0.39 is 84.1 Å². The molecule has 0 radical (unpaired) electrons. The molecule has 0 saturated heterocycles. The summed E-state index contributed by atoms with van der Waals surface area (Å²) in [7, 11) is -18.1. The summed E-state index contributed by atoms with van der Waals surface area (Å²) < 4.78 is 140. The van der Waals surface area contributed by atoms with E-state index in [2.05, 4.69) is 31.1 Å². The van der Waals surface area contributed by atoms with Crippen LogP contribution in [-0.4, -0.2) is 75.2 Å². The third-order valence-corrected chi connectivity index (χ3v) is 12.7. The second-order valence-corrected chi connectivity index (χ2v) is 19.0. The van der Waals surface area contributed by atoms with E-state index in [1.165, 1.54) is 66.7 Å². The van der Waals surface area contributed by atoms with Gasteiger partial charge in [0.2, 0.25) is 0 Å². The zero-order valence-electron chi connectivity index (χ0n) is 32.0. The number of carbonyl (C=O) groups excluding carboxylic acids is 1. The van der Waals surface area contributed by atoms with Crippen molar-refractivity contribution in [2.24, 2.45) is 20.5 Å². The fourth-order valence-electron chi connectivity index (χ4n) is 6.29. The maximum atomic E-state index is 13.1. The molecule has 0 saturated carbocycles. The van der Waals surface area contributed by atoms with Crippen molar-refractivity contribution < 1.29 is 71.6 Å². The number of phenols is 2. The van der Waals surface area contributed by atoms with E-state index in [0.29, 0.717) is 10.8 Å². The minimum absolute atomic E-state index is 0.0151. The number of fused-ring (bicyclic) bond motifs is 3. The van der Waals surface area contributed by atoms with Crippen molar-refractivity contribution >= 4 is 113 Å². The average molecular weight is 953 g/mol. The number of phenolic OH excluding ortho intramolecular Hbond substituents is 2. The second-order valence-electron chi connectivity index (χ2n) is 13.4. The van der Waals surface area contributed by atoms with Gasteiger partial charge in [0.1, 0.15) is 32.6 Å². The molecule has 0 unspecified atom stereocenters. The van der Waals surface area contributed by atoms with E-state index in [-0.39, 0.29) is 54.9 Å². The lowest BCUT2D eigenvalue weighted by molar-refractivity contribution is 0.262. The molecule has 2 amide bonds. The van der Waals surface area contributed by atoms with Crippen LogP contribution in [0.2, 0.25) is 0 Å². The van der Waals surface area contributed by atoms with Crippen molar-refractivity contribution in [3.8, 4) is 17.2 Å². The van der Waals surface area contributed by atoms with Gasteiger partial charge in [-0.05, 0) is 106 Å². The number of carbonyl (C=O) groups is 1. The highest BCUT2D eigenvalue weighted by Crippen LogP contribution is 2.44. The fraction of sp³-hybridized carbons (Fsp3) is 0.0263. The first-order chi connectivity index (χ1) is 29.9. The Morgan fingerprint density at radius 3 is 1.47 bits per heavy atom. The standard InChI is InChI=1S/C38H28N6O16S4/c1-60-31-18-27(62(51,52)53)8-11-30(31)42-44-35-33(64(57,58)59)17-22-14-24(6-10-29(22)37(35)46)40-38(47)39-23-5-9-28-21(13-23)16-32(63(54,55)56)34(36(28)45)43-41-25-4-2-20-15-26(61(48,49)50)7-3-19(20)12-25/h2-18,45-46H,1H3,(H2,39,40,47)(H,48,49,50)(H,51,52,53)(H,54,55,56)(H,57,58,59). The number of rotatable bonds is 11. The second kappa shape index (κ2) is 16.5. The summed E-state index contributed by atoms with van der Waals surface area (Å²) >= 11 is 0. The van der Waals surface area contributed by atoms with Crippen LogP contribution in [0.15, 0.2) is 143 Å². The number of nitrogens with one attached hydrogen (secondary N) is 2. The summed E-state index contributed by atoms with van der Waals surface area (Å²) in [6.07, 6.45) is 0. The zero-order chi connectivity index (χ0) is 46.5. The maximum Gasteiger partial charge on any atom is 0.323 e. The number of azo groups is 2. The smallest absolute Gasteiger partial charge is 0.323 e. The van der Waals surface area contributed by atoms with Gasteiger partial charge in [-0.2, -0.15) is 38.8 Å². The summed E-state index contributed by atoms with van der Waals surface area (Å²) in [5, 5.41) is 43.6. The monoisotopic (exact) mass is 952 g/mol. The minimum Gasteiger partial charge on any atom is -0.505 e. The maximum absolute atomic E-state index is 13.1. The van der Waals surface area contributed by atoms with Crippen LogP contribution in [0.4, 0.5) is 38.9 Å². The third kappa shape index (κ3) is 9.43. The number of nitrogens with zero attached hydrogens (tertiary/aromatic N) is 4. The van der Waals surface area contributed by atoms with Gasteiger partial charge < -0.3 is 25.6 Å². The Morgan fingerprint density at radius 2 is 0.969 bits per heavy atom. The quantitative estimate of drug-likeness (QED) is 0.0449. The first kappa shape index (κ1) is 44.9.